The Morgan fingerprint density at radius 1 is 1.37 bits per heavy atom. The van der Waals surface area contributed by atoms with Crippen molar-refractivity contribution in [1.82, 2.24) is 19.7 Å². The molecule has 19 heavy (non-hydrogen) atoms. The maximum absolute atomic E-state index is 8.98. The van der Waals surface area contributed by atoms with E-state index in [9.17, 15) is 0 Å². The topological polar surface area (TPSA) is 70.6 Å². The van der Waals surface area contributed by atoms with Crippen LogP contribution in [0.5, 0.6) is 0 Å². The van der Waals surface area contributed by atoms with Crippen molar-refractivity contribution in [1.29, 1.82) is 5.26 Å². The molecule has 0 saturated carbocycles. The molecule has 1 aliphatic heterocycles. The van der Waals surface area contributed by atoms with Crippen LogP contribution in [0.1, 0.15) is 5.69 Å². The fraction of sp³-hybridized carbons (Fsp3) is 0.333. The van der Waals surface area contributed by atoms with Gasteiger partial charge in [-0.05, 0) is 0 Å². The summed E-state index contributed by atoms with van der Waals surface area (Å²) in [7, 11) is 0. The smallest absolute Gasteiger partial charge is 0.183 e. The minimum atomic E-state index is 0.378. The van der Waals surface area contributed by atoms with Gasteiger partial charge in [0, 0.05) is 44.1 Å². The van der Waals surface area contributed by atoms with Gasteiger partial charge in [-0.3, -0.25) is 4.68 Å². The first-order chi connectivity index (χ1) is 9.26. The Hall–Kier alpha value is -2.13. The monoisotopic (exact) mass is 274 g/mol. The lowest BCUT2D eigenvalue weighted by Gasteiger charge is -2.40. The highest BCUT2D eigenvalue weighted by atomic mass is 35.5. The van der Waals surface area contributed by atoms with E-state index in [1.54, 1.807) is 12.4 Å². The summed E-state index contributed by atoms with van der Waals surface area (Å²) in [5, 5.41) is 13.8. The molecule has 1 aliphatic rings. The van der Waals surface area contributed by atoms with E-state index in [-0.39, 0.29) is 0 Å². The largest absolute Gasteiger partial charge is 0.353 e. The molecular weight excluding hydrogens is 264 g/mol. The molecule has 96 valence electrons. The number of aromatic nitrogens is 4. The molecule has 3 rings (SSSR count). The van der Waals surface area contributed by atoms with Gasteiger partial charge in [0.15, 0.2) is 11.5 Å². The van der Waals surface area contributed by atoms with Crippen LogP contribution in [0.25, 0.3) is 0 Å². The Morgan fingerprint density at radius 3 is 2.84 bits per heavy atom. The van der Waals surface area contributed by atoms with Gasteiger partial charge in [-0.25, -0.2) is 9.97 Å². The zero-order valence-electron chi connectivity index (χ0n) is 10.1. The SMILES string of the molecule is N#Cc1nccnc1N1CC(Cn2cc(Cl)cn2)C1. The van der Waals surface area contributed by atoms with Gasteiger partial charge in [0.2, 0.25) is 0 Å². The zero-order valence-corrected chi connectivity index (χ0v) is 10.8. The van der Waals surface area contributed by atoms with Crippen LogP contribution in [0, 0.1) is 17.2 Å². The molecule has 0 atom stereocenters. The molecule has 7 heteroatoms. The third-order valence-corrected chi connectivity index (χ3v) is 3.28. The van der Waals surface area contributed by atoms with Crippen LogP contribution >= 0.6 is 11.6 Å². The predicted molar refractivity (Wildman–Crippen MR) is 69.7 cm³/mol. The Morgan fingerprint density at radius 2 is 2.16 bits per heavy atom. The second-order valence-electron chi connectivity index (χ2n) is 4.49. The van der Waals surface area contributed by atoms with Crippen LogP contribution in [0.3, 0.4) is 0 Å². The third kappa shape index (κ3) is 2.37. The van der Waals surface area contributed by atoms with Gasteiger partial charge in [-0.15, -0.1) is 0 Å². The highest BCUT2D eigenvalue weighted by Crippen LogP contribution is 2.25. The van der Waals surface area contributed by atoms with Crippen molar-refractivity contribution in [2.24, 2.45) is 5.92 Å². The van der Waals surface area contributed by atoms with E-state index in [1.165, 1.54) is 6.20 Å². The molecule has 3 heterocycles. The molecule has 2 aromatic rings. The van der Waals surface area contributed by atoms with E-state index >= 15 is 0 Å². The molecule has 0 aliphatic carbocycles. The predicted octanol–water partition coefficient (Wildman–Crippen LogP) is 1.33. The van der Waals surface area contributed by atoms with Crippen LogP contribution in [0.4, 0.5) is 5.82 Å². The van der Waals surface area contributed by atoms with Gasteiger partial charge >= 0.3 is 0 Å². The maximum atomic E-state index is 8.98. The van der Waals surface area contributed by atoms with Crippen LogP contribution < -0.4 is 4.90 Å². The van der Waals surface area contributed by atoms with E-state index in [2.05, 4.69) is 26.0 Å². The van der Waals surface area contributed by atoms with E-state index < -0.39 is 0 Å². The van der Waals surface area contributed by atoms with Crippen molar-refractivity contribution in [3.63, 3.8) is 0 Å². The summed E-state index contributed by atoms with van der Waals surface area (Å²) in [4.78, 5) is 10.3. The van der Waals surface area contributed by atoms with Gasteiger partial charge in [0.1, 0.15) is 6.07 Å². The fourth-order valence-corrected chi connectivity index (χ4v) is 2.36. The standard InChI is InChI=1S/C12H11ClN6/c13-10-4-17-19(8-10)7-9-5-18(6-9)12-11(3-14)15-1-2-16-12/h1-2,4,8-9H,5-7H2. The minimum Gasteiger partial charge on any atom is -0.353 e. The van der Waals surface area contributed by atoms with Gasteiger partial charge < -0.3 is 4.90 Å². The average Bonchev–Trinajstić information content (AvgIpc) is 2.79. The Balaban J connectivity index is 1.62. The normalized spacial score (nSPS) is 15.1. The lowest BCUT2D eigenvalue weighted by Crippen LogP contribution is -2.49. The summed E-state index contributed by atoms with van der Waals surface area (Å²) in [6.07, 6.45) is 6.59. The number of hydrogen-bond acceptors (Lipinski definition) is 5. The van der Waals surface area contributed by atoms with Crippen molar-refractivity contribution in [2.75, 3.05) is 18.0 Å². The summed E-state index contributed by atoms with van der Waals surface area (Å²) < 4.78 is 1.84. The molecule has 0 spiro atoms. The molecule has 0 unspecified atom stereocenters. The van der Waals surface area contributed by atoms with Crippen LogP contribution in [-0.2, 0) is 6.54 Å². The lowest BCUT2D eigenvalue weighted by molar-refractivity contribution is 0.340. The molecule has 0 radical (unpaired) electrons. The molecule has 6 nitrogen and oxygen atoms in total. The van der Waals surface area contributed by atoms with E-state index in [1.807, 2.05) is 10.9 Å². The molecule has 0 N–H and O–H groups in total. The van der Waals surface area contributed by atoms with Gasteiger partial charge in [-0.1, -0.05) is 11.6 Å². The number of rotatable bonds is 3. The van der Waals surface area contributed by atoms with E-state index in [4.69, 9.17) is 16.9 Å². The molecule has 0 amide bonds. The van der Waals surface area contributed by atoms with E-state index in [0.29, 0.717) is 22.5 Å². The summed E-state index contributed by atoms with van der Waals surface area (Å²) >= 11 is 5.82. The molecule has 0 bridgehead atoms. The number of hydrogen-bond donors (Lipinski definition) is 0. The first-order valence-electron chi connectivity index (χ1n) is 5.90. The summed E-state index contributed by atoms with van der Waals surface area (Å²) in [5.74, 6) is 1.16. The summed E-state index contributed by atoms with van der Waals surface area (Å²) in [6, 6.07) is 2.06. The highest BCUT2D eigenvalue weighted by Gasteiger charge is 2.30. The van der Waals surface area contributed by atoms with Crippen molar-refractivity contribution in [3.05, 3.63) is 35.5 Å². The number of nitriles is 1. The zero-order chi connectivity index (χ0) is 13.2. The number of anilines is 1. The third-order valence-electron chi connectivity index (χ3n) is 3.09. The van der Waals surface area contributed by atoms with E-state index in [0.717, 1.165) is 19.6 Å². The summed E-state index contributed by atoms with van der Waals surface area (Å²) in [5.41, 5.74) is 0.378. The molecule has 1 saturated heterocycles. The minimum absolute atomic E-state index is 0.378. The fourth-order valence-electron chi connectivity index (χ4n) is 2.20. The maximum Gasteiger partial charge on any atom is 0.183 e. The molecule has 1 fully saturated rings. The van der Waals surface area contributed by atoms with Crippen molar-refractivity contribution in [2.45, 2.75) is 6.54 Å². The summed E-state index contributed by atoms with van der Waals surface area (Å²) in [6.45, 7) is 2.53. The van der Waals surface area contributed by atoms with Crippen LogP contribution in [-0.4, -0.2) is 32.8 Å². The highest BCUT2D eigenvalue weighted by molar-refractivity contribution is 6.30. The number of nitrogens with zero attached hydrogens (tertiary/aromatic N) is 6. The van der Waals surface area contributed by atoms with Crippen molar-refractivity contribution < 1.29 is 0 Å². The Labute approximate surface area is 115 Å². The second-order valence-corrected chi connectivity index (χ2v) is 4.93. The Bertz CT molecular complexity index is 625. The van der Waals surface area contributed by atoms with Gasteiger partial charge in [0.25, 0.3) is 0 Å². The first-order valence-corrected chi connectivity index (χ1v) is 6.28. The van der Waals surface area contributed by atoms with Crippen molar-refractivity contribution in [3.8, 4) is 6.07 Å². The molecule has 0 aromatic carbocycles. The van der Waals surface area contributed by atoms with Crippen LogP contribution in [0.2, 0.25) is 5.02 Å². The van der Waals surface area contributed by atoms with Crippen molar-refractivity contribution >= 4 is 17.4 Å². The lowest BCUT2D eigenvalue weighted by atomic mass is 10.00. The molecule has 2 aromatic heterocycles. The average molecular weight is 275 g/mol. The van der Waals surface area contributed by atoms with Crippen LogP contribution in [0.15, 0.2) is 24.8 Å². The first kappa shape index (κ1) is 11.9. The second kappa shape index (κ2) is 4.86. The number of halogens is 1. The van der Waals surface area contributed by atoms with Gasteiger partial charge in [-0.2, -0.15) is 10.4 Å². The molecular formula is C12H11ClN6. The van der Waals surface area contributed by atoms with Gasteiger partial charge in [0.05, 0.1) is 11.2 Å². The Kier molecular flexibility index (Phi) is 3.05. The quantitative estimate of drug-likeness (QED) is 0.844.